The van der Waals surface area contributed by atoms with Crippen LogP contribution in [0, 0.1) is 0 Å². The molecule has 1 heterocycles. The number of ketones is 2. The van der Waals surface area contributed by atoms with Gasteiger partial charge >= 0.3 is 0 Å². The van der Waals surface area contributed by atoms with E-state index in [1.807, 2.05) is 12.1 Å². The Bertz CT molecular complexity index is 738. The number of carbonyl (C=O) groups is 2. The minimum absolute atomic E-state index is 0.132. The van der Waals surface area contributed by atoms with Crippen LogP contribution in [-0.4, -0.2) is 21.5 Å². The summed E-state index contributed by atoms with van der Waals surface area (Å²) in [7, 11) is 0. The Morgan fingerprint density at radius 1 is 1.10 bits per heavy atom. The van der Waals surface area contributed by atoms with Crippen LogP contribution in [0.1, 0.15) is 20.8 Å². The number of hydrogen-bond donors (Lipinski definition) is 1. The molecule has 1 aromatic carbocycles. The van der Waals surface area contributed by atoms with Gasteiger partial charge in [0.15, 0.2) is 5.78 Å². The van der Waals surface area contributed by atoms with Crippen molar-refractivity contribution in [1.29, 1.82) is 0 Å². The van der Waals surface area contributed by atoms with Crippen LogP contribution in [0.25, 0.3) is 0 Å². The molecular weight excluding hydrogens is 322 g/mol. The van der Waals surface area contributed by atoms with Crippen LogP contribution in [0.4, 0.5) is 5.69 Å². The van der Waals surface area contributed by atoms with Crippen molar-refractivity contribution in [3.8, 4) is 0 Å². The molecule has 0 aliphatic heterocycles. The maximum atomic E-state index is 12.3. The van der Waals surface area contributed by atoms with Crippen molar-refractivity contribution in [3.05, 3.63) is 64.3 Å². The lowest BCUT2D eigenvalue weighted by Gasteiger charge is -2.15. The fraction of sp³-hybridized carbons (Fsp3) is 0. The predicted octanol–water partition coefficient (Wildman–Crippen LogP) is 2.61. The van der Waals surface area contributed by atoms with Gasteiger partial charge < -0.3 is 5.32 Å². The molecule has 98 valence electrons. The number of rotatable bonds is 2. The van der Waals surface area contributed by atoms with E-state index in [1.54, 1.807) is 12.1 Å². The second-order valence-corrected chi connectivity index (χ2v) is 5.08. The maximum absolute atomic E-state index is 12.3. The summed E-state index contributed by atoms with van der Waals surface area (Å²) in [5.41, 5.74) is 1.30. The first-order valence-corrected chi connectivity index (χ1v) is 6.58. The Morgan fingerprint density at radius 2 is 1.85 bits per heavy atom. The van der Waals surface area contributed by atoms with Crippen molar-refractivity contribution in [3.63, 3.8) is 0 Å². The number of anilines is 1. The minimum atomic E-state index is -0.315. The standard InChI is InChI=1S/C14H8BrN3O2/c15-8-1-3-9(4-2-8)18-11-5-12(19)10-6-16-7-17-13(10)14(11)20/h1-7,18H. The van der Waals surface area contributed by atoms with Gasteiger partial charge in [0.2, 0.25) is 5.78 Å². The SMILES string of the molecule is O=C1C=C(Nc2ccc(Br)cc2)C(=O)c2ncncc21. The van der Waals surface area contributed by atoms with Crippen molar-refractivity contribution < 1.29 is 9.59 Å². The van der Waals surface area contributed by atoms with Gasteiger partial charge in [0.05, 0.1) is 11.3 Å². The Morgan fingerprint density at radius 3 is 2.60 bits per heavy atom. The van der Waals surface area contributed by atoms with E-state index in [1.165, 1.54) is 18.6 Å². The number of hydrogen-bond acceptors (Lipinski definition) is 5. The molecule has 0 saturated heterocycles. The van der Waals surface area contributed by atoms with Gasteiger partial charge in [-0.3, -0.25) is 9.59 Å². The fourth-order valence-electron chi connectivity index (χ4n) is 1.87. The van der Waals surface area contributed by atoms with Gasteiger partial charge in [0.1, 0.15) is 12.0 Å². The lowest BCUT2D eigenvalue weighted by atomic mass is 9.98. The van der Waals surface area contributed by atoms with Crippen molar-refractivity contribution >= 4 is 33.2 Å². The van der Waals surface area contributed by atoms with Gasteiger partial charge in [-0.15, -0.1) is 0 Å². The first-order chi connectivity index (χ1) is 9.65. The molecule has 1 aromatic heterocycles. The number of carbonyl (C=O) groups excluding carboxylic acids is 2. The fourth-order valence-corrected chi connectivity index (χ4v) is 2.14. The number of Topliss-reactive ketones (excluding diaryl/α,β-unsaturated/α-hetero) is 1. The van der Waals surface area contributed by atoms with Gasteiger partial charge in [-0.1, -0.05) is 15.9 Å². The van der Waals surface area contributed by atoms with Gasteiger partial charge in [-0.25, -0.2) is 9.97 Å². The Labute approximate surface area is 122 Å². The summed E-state index contributed by atoms with van der Waals surface area (Å²) in [4.78, 5) is 31.8. The molecule has 0 bridgehead atoms. The average molecular weight is 330 g/mol. The molecule has 1 aliphatic rings. The molecule has 0 atom stereocenters. The molecule has 0 saturated carbocycles. The van der Waals surface area contributed by atoms with Gasteiger partial charge in [0.25, 0.3) is 0 Å². The van der Waals surface area contributed by atoms with Crippen LogP contribution >= 0.6 is 15.9 Å². The lowest BCUT2D eigenvalue weighted by molar-refractivity contribution is 0.0981. The van der Waals surface area contributed by atoms with Crippen molar-refractivity contribution in [2.24, 2.45) is 0 Å². The highest BCUT2D eigenvalue weighted by molar-refractivity contribution is 9.10. The number of benzene rings is 1. The van der Waals surface area contributed by atoms with Gasteiger partial charge in [0, 0.05) is 22.4 Å². The molecule has 6 heteroatoms. The van der Waals surface area contributed by atoms with E-state index in [0.717, 1.165) is 10.2 Å². The molecule has 0 spiro atoms. The Kier molecular flexibility index (Phi) is 3.15. The molecule has 0 fully saturated rings. The summed E-state index contributed by atoms with van der Waals surface area (Å²) in [5, 5.41) is 2.94. The monoisotopic (exact) mass is 329 g/mol. The minimum Gasteiger partial charge on any atom is -0.352 e. The summed E-state index contributed by atoms with van der Waals surface area (Å²) >= 11 is 3.33. The topological polar surface area (TPSA) is 72.0 Å². The smallest absolute Gasteiger partial charge is 0.228 e. The second-order valence-electron chi connectivity index (χ2n) is 4.17. The first kappa shape index (κ1) is 12.7. The van der Waals surface area contributed by atoms with Crippen LogP contribution in [-0.2, 0) is 0 Å². The van der Waals surface area contributed by atoms with E-state index < -0.39 is 0 Å². The predicted molar refractivity (Wildman–Crippen MR) is 76.5 cm³/mol. The number of nitrogens with one attached hydrogen (secondary N) is 1. The van der Waals surface area contributed by atoms with Crippen LogP contribution in [0.3, 0.4) is 0 Å². The zero-order valence-electron chi connectivity index (χ0n) is 10.1. The molecule has 1 aliphatic carbocycles. The van der Waals surface area contributed by atoms with E-state index in [9.17, 15) is 9.59 Å². The zero-order chi connectivity index (χ0) is 14.1. The normalized spacial score (nSPS) is 13.8. The van der Waals surface area contributed by atoms with E-state index in [0.29, 0.717) is 0 Å². The highest BCUT2D eigenvalue weighted by Crippen LogP contribution is 2.21. The van der Waals surface area contributed by atoms with E-state index in [4.69, 9.17) is 0 Å². The third-order valence-electron chi connectivity index (χ3n) is 2.84. The van der Waals surface area contributed by atoms with E-state index in [2.05, 4.69) is 31.2 Å². The maximum Gasteiger partial charge on any atom is 0.228 e. The Hall–Kier alpha value is -2.34. The molecule has 2 aromatic rings. The summed E-state index contributed by atoms with van der Waals surface area (Å²) in [5.74, 6) is -0.593. The molecule has 1 N–H and O–H groups in total. The molecule has 20 heavy (non-hydrogen) atoms. The quantitative estimate of drug-likeness (QED) is 0.916. The largest absolute Gasteiger partial charge is 0.352 e. The van der Waals surface area contributed by atoms with Crippen LogP contribution in [0.15, 0.2) is 53.0 Å². The highest BCUT2D eigenvalue weighted by Gasteiger charge is 2.27. The van der Waals surface area contributed by atoms with Gasteiger partial charge in [-0.05, 0) is 24.3 Å². The summed E-state index contributed by atoms with van der Waals surface area (Å²) in [6.45, 7) is 0. The van der Waals surface area contributed by atoms with Gasteiger partial charge in [-0.2, -0.15) is 0 Å². The summed E-state index contributed by atoms with van der Waals surface area (Å²) in [6, 6.07) is 7.29. The van der Waals surface area contributed by atoms with Crippen LogP contribution in [0.5, 0.6) is 0 Å². The lowest BCUT2D eigenvalue weighted by Crippen LogP contribution is -2.23. The van der Waals surface area contributed by atoms with E-state index >= 15 is 0 Å². The molecular formula is C14H8BrN3O2. The second kappa shape index (κ2) is 4.97. The number of allylic oxidation sites excluding steroid dienone is 2. The number of halogens is 1. The number of fused-ring (bicyclic) bond motifs is 1. The summed E-state index contributed by atoms with van der Waals surface area (Å²) < 4.78 is 0.932. The zero-order valence-corrected chi connectivity index (χ0v) is 11.7. The van der Waals surface area contributed by atoms with E-state index in [-0.39, 0.29) is 28.5 Å². The van der Waals surface area contributed by atoms with Crippen LogP contribution in [0.2, 0.25) is 0 Å². The third kappa shape index (κ3) is 2.25. The number of aromatic nitrogens is 2. The first-order valence-electron chi connectivity index (χ1n) is 5.78. The number of nitrogens with zero attached hydrogens (tertiary/aromatic N) is 2. The molecule has 0 amide bonds. The summed E-state index contributed by atoms with van der Waals surface area (Å²) in [6.07, 6.45) is 3.89. The molecule has 0 radical (unpaired) electrons. The Balaban J connectivity index is 1.94. The van der Waals surface area contributed by atoms with Crippen molar-refractivity contribution in [2.45, 2.75) is 0 Å². The average Bonchev–Trinajstić information content (AvgIpc) is 2.47. The molecule has 5 nitrogen and oxygen atoms in total. The third-order valence-corrected chi connectivity index (χ3v) is 3.36. The van der Waals surface area contributed by atoms with Crippen molar-refractivity contribution in [2.75, 3.05) is 5.32 Å². The molecule has 3 rings (SSSR count). The molecule has 0 unspecified atom stereocenters. The van der Waals surface area contributed by atoms with Crippen LogP contribution < -0.4 is 5.32 Å². The van der Waals surface area contributed by atoms with Crippen molar-refractivity contribution in [1.82, 2.24) is 9.97 Å². The highest BCUT2D eigenvalue weighted by atomic mass is 79.9.